The first-order valence-corrected chi connectivity index (χ1v) is 15.5. The summed E-state index contributed by atoms with van der Waals surface area (Å²) < 4.78 is 5.43. The summed E-state index contributed by atoms with van der Waals surface area (Å²) in [5.74, 6) is -2.72. The van der Waals surface area contributed by atoms with Crippen molar-refractivity contribution in [2.24, 2.45) is 0 Å². The summed E-state index contributed by atoms with van der Waals surface area (Å²) in [6.07, 6.45) is -0.654. The SMILES string of the molecule is CCC(NC(=O)NCC(C(=O)NCC(C)(C)NC(=O)CC(NC(=O)OC(C)(C)C)c1c(C)cc(O)cc1C)c1ccccc1)C(=O)O. The molecule has 47 heavy (non-hydrogen) atoms. The van der Waals surface area contributed by atoms with Gasteiger partial charge in [0, 0.05) is 13.1 Å². The van der Waals surface area contributed by atoms with Crippen LogP contribution in [-0.4, -0.2) is 70.4 Å². The summed E-state index contributed by atoms with van der Waals surface area (Å²) >= 11 is 0. The van der Waals surface area contributed by atoms with Gasteiger partial charge in [0.25, 0.3) is 0 Å². The van der Waals surface area contributed by atoms with Crippen LogP contribution in [0.25, 0.3) is 0 Å². The van der Waals surface area contributed by atoms with Crippen molar-refractivity contribution in [3.8, 4) is 5.75 Å². The fraction of sp³-hybridized carbons (Fsp3) is 0.500. The maximum atomic E-state index is 13.4. The van der Waals surface area contributed by atoms with Gasteiger partial charge in [-0.1, -0.05) is 37.3 Å². The maximum Gasteiger partial charge on any atom is 0.408 e. The Hall–Kier alpha value is -4.81. The second-order valence-electron chi connectivity index (χ2n) is 13.2. The molecule has 0 bridgehead atoms. The minimum atomic E-state index is -1.16. The van der Waals surface area contributed by atoms with Gasteiger partial charge >= 0.3 is 18.1 Å². The fourth-order valence-electron chi connectivity index (χ4n) is 5.06. The molecule has 5 amide bonds. The number of rotatable bonds is 14. The van der Waals surface area contributed by atoms with E-state index in [1.54, 1.807) is 97.9 Å². The molecule has 258 valence electrons. The number of aromatic hydroxyl groups is 1. The summed E-state index contributed by atoms with van der Waals surface area (Å²) in [6, 6.07) is 9.36. The van der Waals surface area contributed by atoms with Gasteiger partial charge in [0.15, 0.2) is 0 Å². The third-order valence-electron chi connectivity index (χ3n) is 7.19. The second kappa shape index (κ2) is 16.7. The summed E-state index contributed by atoms with van der Waals surface area (Å²) in [7, 11) is 0. The van der Waals surface area contributed by atoms with E-state index in [9.17, 15) is 34.2 Å². The molecule has 0 aliphatic rings. The molecule has 3 unspecified atom stereocenters. The normalized spacial score (nSPS) is 13.4. The van der Waals surface area contributed by atoms with E-state index in [0.717, 1.165) is 0 Å². The maximum absolute atomic E-state index is 13.4. The summed E-state index contributed by atoms with van der Waals surface area (Å²) in [6.45, 7) is 13.8. The lowest BCUT2D eigenvalue weighted by molar-refractivity contribution is -0.139. The van der Waals surface area contributed by atoms with Crippen molar-refractivity contribution >= 4 is 29.9 Å². The van der Waals surface area contributed by atoms with Crippen LogP contribution >= 0.6 is 0 Å². The highest BCUT2D eigenvalue weighted by Crippen LogP contribution is 2.29. The minimum Gasteiger partial charge on any atom is -0.508 e. The second-order valence-corrected chi connectivity index (χ2v) is 13.2. The number of carboxylic acids is 1. The van der Waals surface area contributed by atoms with Crippen molar-refractivity contribution in [2.75, 3.05) is 13.1 Å². The molecule has 0 saturated carbocycles. The van der Waals surface area contributed by atoms with Crippen LogP contribution in [0, 0.1) is 13.8 Å². The Balaban J connectivity index is 2.14. The molecule has 2 aromatic carbocycles. The first-order chi connectivity index (χ1) is 21.8. The van der Waals surface area contributed by atoms with Gasteiger partial charge in [-0.3, -0.25) is 9.59 Å². The van der Waals surface area contributed by atoms with Gasteiger partial charge in [-0.15, -0.1) is 0 Å². The van der Waals surface area contributed by atoms with E-state index in [-0.39, 0.29) is 31.7 Å². The largest absolute Gasteiger partial charge is 0.508 e. The molecule has 13 heteroatoms. The monoisotopic (exact) mass is 655 g/mol. The Morgan fingerprint density at radius 2 is 1.49 bits per heavy atom. The number of alkyl carbamates (subject to hydrolysis) is 1. The van der Waals surface area contributed by atoms with Gasteiger partial charge < -0.3 is 41.5 Å². The Labute approximate surface area is 276 Å². The van der Waals surface area contributed by atoms with Crippen LogP contribution in [0.1, 0.15) is 88.6 Å². The average molecular weight is 656 g/mol. The van der Waals surface area contributed by atoms with Crippen LogP contribution in [0.5, 0.6) is 5.75 Å². The first kappa shape index (κ1) is 38.4. The average Bonchev–Trinajstić information content (AvgIpc) is 2.93. The number of ether oxygens (including phenoxy) is 1. The van der Waals surface area contributed by atoms with Crippen molar-refractivity contribution < 1.29 is 38.9 Å². The van der Waals surface area contributed by atoms with Gasteiger partial charge in [-0.25, -0.2) is 14.4 Å². The lowest BCUT2D eigenvalue weighted by Gasteiger charge is -2.30. The number of phenolic OH excluding ortho intramolecular Hbond substituents is 1. The van der Waals surface area contributed by atoms with Crippen molar-refractivity contribution in [1.29, 1.82) is 0 Å². The van der Waals surface area contributed by atoms with Gasteiger partial charge in [-0.05, 0) is 89.3 Å². The summed E-state index contributed by atoms with van der Waals surface area (Å²) in [5, 5.41) is 32.8. The van der Waals surface area contributed by atoms with E-state index in [1.165, 1.54) is 0 Å². The van der Waals surface area contributed by atoms with Crippen LogP contribution in [-0.2, 0) is 19.1 Å². The molecular weight excluding hydrogens is 606 g/mol. The number of hydrogen-bond donors (Lipinski definition) is 7. The summed E-state index contributed by atoms with van der Waals surface area (Å²) in [4.78, 5) is 63.2. The van der Waals surface area contributed by atoms with E-state index >= 15 is 0 Å². The number of amides is 5. The molecule has 0 aliphatic heterocycles. The van der Waals surface area contributed by atoms with E-state index in [0.29, 0.717) is 22.3 Å². The number of aliphatic carboxylic acids is 1. The molecule has 0 radical (unpaired) electrons. The topological polar surface area (TPSA) is 195 Å². The van der Waals surface area contributed by atoms with Crippen molar-refractivity contribution in [3.63, 3.8) is 0 Å². The number of benzene rings is 2. The zero-order valence-electron chi connectivity index (χ0n) is 28.4. The number of hydrogen-bond acceptors (Lipinski definition) is 7. The van der Waals surface area contributed by atoms with Gasteiger partial charge in [-0.2, -0.15) is 0 Å². The molecule has 0 spiro atoms. The van der Waals surface area contributed by atoms with Crippen molar-refractivity contribution in [3.05, 3.63) is 64.7 Å². The molecule has 0 fully saturated rings. The quantitative estimate of drug-likeness (QED) is 0.159. The molecule has 3 atom stereocenters. The Bertz CT molecular complexity index is 1400. The molecule has 2 rings (SSSR count). The zero-order valence-corrected chi connectivity index (χ0v) is 28.4. The number of carbonyl (C=O) groups is 5. The van der Waals surface area contributed by atoms with Gasteiger partial charge in [0.2, 0.25) is 11.8 Å². The van der Waals surface area contributed by atoms with Gasteiger partial charge in [0.05, 0.1) is 23.9 Å². The van der Waals surface area contributed by atoms with E-state index in [1.807, 2.05) is 0 Å². The highest BCUT2D eigenvalue weighted by molar-refractivity contribution is 5.86. The van der Waals surface area contributed by atoms with E-state index in [2.05, 4.69) is 26.6 Å². The van der Waals surface area contributed by atoms with E-state index in [4.69, 9.17) is 4.74 Å². The third-order valence-corrected chi connectivity index (χ3v) is 7.19. The third kappa shape index (κ3) is 12.8. The number of carboxylic acid groups (broad SMARTS) is 1. The Morgan fingerprint density at radius 1 is 0.894 bits per heavy atom. The van der Waals surface area contributed by atoms with Crippen LogP contribution in [0.3, 0.4) is 0 Å². The Kier molecular flexibility index (Phi) is 13.6. The van der Waals surface area contributed by atoms with Crippen LogP contribution < -0.4 is 26.6 Å². The predicted molar refractivity (Wildman–Crippen MR) is 177 cm³/mol. The standard InChI is InChI=1S/C34H49N5O8/c1-9-25(30(43)44)37-31(45)35-18-24(22-13-11-10-12-14-22)29(42)36-19-34(7,8)39-27(41)17-26(38-32(46)47-33(4,5)6)28-20(2)15-23(40)16-21(28)3/h10-16,24-26,40H,9,17-19H2,1-8H3,(H,36,42)(H,38,46)(H,39,41)(H,43,44)(H2,35,37,45). The summed E-state index contributed by atoms with van der Waals surface area (Å²) in [5.41, 5.74) is 0.989. The fourth-order valence-corrected chi connectivity index (χ4v) is 5.06. The lowest BCUT2D eigenvalue weighted by atomic mass is 9.93. The van der Waals surface area contributed by atoms with Crippen molar-refractivity contribution in [1.82, 2.24) is 26.6 Å². The molecular formula is C34H49N5O8. The lowest BCUT2D eigenvalue weighted by Crippen LogP contribution is -2.53. The number of urea groups is 1. The van der Waals surface area contributed by atoms with Crippen LogP contribution in [0.4, 0.5) is 9.59 Å². The van der Waals surface area contributed by atoms with Crippen LogP contribution in [0.2, 0.25) is 0 Å². The number of phenols is 1. The number of carbonyl (C=O) groups excluding carboxylic acids is 4. The highest BCUT2D eigenvalue weighted by atomic mass is 16.6. The first-order valence-electron chi connectivity index (χ1n) is 15.5. The van der Waals surface area contributed by atoms with Crippen molar-refractivity contribution in [2.45, 2.75) is 97.4 Å². The number of aryl methyl sites for hydroxylation is 2. The highest BCUT2D eigenvalue weighted by Gasteiger charge is 2.30. The predicted octanol–water partition coefficient (Wildman–Crippen LogP) is 3.92. The smallest absolute Gasteiger partial charge is 0.408 e. The van der Waals surface area contributed by atoms with E-state index < -0.39 is 59.0 Å². The molecule has 0 heterocycles. The Morgan fingerprint density at radius 3 is 2.02 bits per heavy atom. The molecule has 0 aliphatic carbocycles. The van der Waals surface area contributed by atoms with Gasteiger partial charge in [0.1, 0.15) is 17.4 Å². The minimum absolute atomic E-state index is 0.0332. The molecule has 7 N–H and O–H groups in total. The molecule has 13 nitrogen and oxygen atoms in total. The molecule has 2 aromatic rings. The number of nitrogens with one attached hydrogen (secondary N) is 5. The molecule has 0 saturated heterocycles. The zero-order chi connectivity index (χ0) is 35.5. The van der Waals surface area contributed by atoms with Crippen LogP contribution in [0.15, 0.2) is 42.5 Å². The molecule has 0 aromatic heterocycles.